The average molecular weight is 523 g/mol. The Kier molecular flexibility index (Phi) is 9.19. The van der Waals surface area contributed by atoms with Crippen molar-refractivity contribution in [2.24, 2.45) is 11.8 Å². The van der Waals surface area contributed by atoms with E-state index in [0.29, 0.717) is 31.5 Å². The molecule has 6 nitrogen and oxygen atoms in total. The number of ketones is 1. The zero-order chi connectivity index (χ0) is 26.4. The lowest BCUT2D eigenvalue weighted by molar-refractivity contribution is -0.143. The van der Waals surface area contributed by atoms with E-state index in [0.717, 1.165) is 60.0 Å². The van der Waals surface area contributed by atoms with Gasteiger partial charge in [0.25, 0.3) is 0 Å². The summed E-state index contributed by atoms with van der Waals surface area (Å²) in [6.07, 6.45) is 7.49. The van der Waals surface area contributed by atoms with Crippen LogP contribution >= 0.6 is 11.3 Å². The number of fused-ring (bicyclic) bond motifs is 1. The van der Waals surface area contributed by atoms with Gasteiger partial charge in [0.1, 0.15) is 6.54 Å². The number of anilines is 1. The summed E-state index contributed by atoms with van der Waals surface area (Å²) in [4.78, 5) is 40.4. The molecule has 0 saturated heterocycles. The van der Waals surface area contributed by atoms with E-state index >= 15 is 0 Å². The minimum absolute atomic E-state index is 0.0122. The molecule has 0 spiro atoms. The summed E-state index contributed by atoms with van der Waals surface area (Å²) in [5, 5.41) is 11.3. The van der Waals surface area contributed by atoms with Gasteiger partial charge in [-0.2, -0.15) is 0 Å². The van der Waals surface area contributed by atoms with Crippen molar-refractivity contribution >= 4 is 44.9 Å². The van der Waals surface area contributed by atoms with Gasteiger partial charge in [-0.05, 0) is 80.2 Å². The quantitative estimate of drug-likeness (QED) is 0.203. The Hall–Kier alpha value is -2.93. The summed E-state index contributed by atoms with van der Waals surface area (Å²) in [6.45, 7) is 4.99. The van der Waals surface area contributed by atoms with Gasteiger partial charge < -0.3 is 14.6 Å². The summed E-state index contributed by atoms with van der Waals surface area (Å²) in [6, 6.07) is 12.0. The number of carboxylic acids is 1. The number of hydrogen-bond acceptors (Lipinski definition) is 4. The normalized spacial score (nSPS) is 17.7. The summed E-state index contributed by atoms with van der Waals surface area (Å²) < 4.78 is 2.91. The van der Waals surface area contributed by atoms with E-state index in [2.05, 4.69) is 6.92 Å². The molecule has 4 rings (SSSR count). The highest BCUT2D eigenvalue weighted by atomic mass is 32.1. The number of carbonyl (C=O) groups excluding carboxylic acids is 2. The lowest BCUT2D eigenvalue weighted by atomic mass is 9.79. The highest BCUT2D eigenvalue weighted by molar-refractivity contribution is 7.17. The molecule has 1 saturated carbocycles. The van der Waals surface area contributed by atoms with Crippen LogP contribution in [-0.4, -0.2) is 33.9 Å². The number of amides is 1. The predicted octanol–water partition coefficient (Wildman–Crippen LogP) is 7.09. The first-order valence-electron chi connectivity index (χ1n) is 13.6. The van der Waals surface area contributed by atoms with Crippen molar-refractivity contribution in [3.63, 3.8) is 0 Å². The highest BCUT2D eigenvalue weighted by Crippen LogP contribution is 2.33. The molecule has 0 bridgehead atoms. The van der Waals surface area contributed by atoms with Crippen LogP contribution < -0.4 is 4.90 Å². The Bertz CT molecular complexity index is 1240. The molecule has 7 heteroatoms. The topological polar surface area (TPSA) is 79.6 Å². The SMILES string of the molecule is CCCCCCN(C(=O)Cn1c(C(=O)CC2CCC(C(=O)O)CC2)cc2sccc21)c1cccc(C)c1. The van der Waals surface area contributed by atoms with Crippen LogP contribution in [0.25, 0.3) is 10.2 Å². The molecule has 0 radical (unpaired) electrons. The first kappa shape index (κ1) is 27.1. The standard InChI is InChI=1S/C30H38N2O4S/c1-3-4-5-6-15-31(24-9-7-8-21(2)17-24)29(34)20-32-25-14-16-37-28(25)19-26(32)27(33)18-22-10-12-23(13-11-22)30(35)36/h7-9,14,16-17,19,22-23H,3-6,10-13,15,18,20H2,1-2H3,(H,35,36). The number of hydrogen-bond donors (Lipinski definition) is 1. The van der Waals surface area contributed by atoms with Crippen molar-refractivity contribution in [1.82, 2.24) is 4.57 Å². The molecule has 198 valence electrons. The summed E-state index contributed by atoms with van der Waals surface area (Å²) in [7, 11) is 0. The number of thiophene rings is 1. The minimum Gasteiger partial charge on any atom is -0.481 e. The molecule has 3 aromatic rings. The van der Waals surface area contributed by atoms with Crippen LogP contribution in [-0.2, 0) is 16.1 Å². The number of carbonyl (C=O) groups is 3. The zero-order valence-electron chi connectivity index (χ0n) is 21.9. The number of aliphatic carboxylic acids is 1. The van der Waals surface area contributed by atoms with Crippen molar-refractivity contribution < 1.29 is 19.5 Å². The Morgan fingerprint density at radius 2 is 1.84 bits per heavy atom. The number of aromatic nitrogens is 1. The monoisotopic (exact) mass is 522 g/mol. The van der Waals surface area contributed by atoms with Gasteiger partial charge in [0.15, 0.2) is 5.78 Å². The largest absolute Gasteiger partial charge is 0.481 e. The molecule has 1 N–H and O–H groups in total. The molecular formula is C30H38N2O4S. The first-order chi connectivity index (χ1) is 17.9. The van der Waals surface area contributed by atoms with Crippen LogP contribution in [0.2, 0.25) is 0 Å². The smallest absolute Gasteiger partial charge is 0.306 e. The second-order valence-corrected chi connectivity index (χ2v) is 11.4. The van der Waals surface area contributed by atoms with Crippen molar-refractivity contribution in [3.05, 3.63) is 53.0 Å². The molecule has 1 aliphatic rings. The summed E-state index contributed by atoms with van der Waals surface area (Å²) in [5.74, 6) is -0.794. The van der Waals surface area contributed by atoms with E-state index in [1.165, 1.54) is 0 Å². The molecule has 0 unspecified atom stereocenters. The molecule has 2 aromatic heterocycles. The second kappa shape index (κ2) is 12.5. The second-order valence-electron chi connectivity index (χ2n) is 10.4. The summed E-state index contributed by atoms with van der Waals surface area (Å²) >= 11 is 1.58. The number of aryl methyl sites for hydroxylation is 1. The molecule has 0 aliphatic heterocycles. The van der Waals surface area contributed by atoms with Crippen LogP contribution in [0.3, 0.4) is 0 Å². The maximum absolute atomic E-state index is 13.8. The fourth-order valence-electron chi connectivity index (χ4n) is 5.47. The third-order valence-corrected chi connectivity index (χ3v) is 8.47. The number of carboxylic acid groups (broad SMARTS) is 1. The Balaban J connectivity index is 1.53. The third kappa shape index (κ3) is 6.69. The van der Waals surface area contributed by atoms with Crippen LogP contribution in [0.15, 0.2) is 41.8 Å². The Morgan fingerprint density at radius 3 is 2.54 bits per heavy atom. The van der Waals surface area contributed by atoms with E-state index in [4.69, 9.17) is 0 Å². The van der Waals surface area contributed by atoms with Gasteiger partial charge in [0, 0.05) is 18.7 Å². The predicted molar refractivity (Wildman–Crippen MR) is 150 cm³/mol. The number of unbranched alkanes of at least 4 members (excludes halogenated alkanes) is 3. The Morgan fingerprint density at radius 1 is 1.05 bits per heavy atom. The van der Waals surface area contributed by atoms with Crippen molar-refractivity contribution in [1.29, 1.82) is 0 Å². The molecule has 1 fully saturated rings. The van der Waals surface area contributed by atoms with E-state index in [1.54, 1.807) is 11.3 Å². The number of nitrogens with zero attached hydrogens (tertiary/aromatic N) is 2. The fraction of sp³-hybridized carbons (Fsp3) is 0.500. The number of Topliss-reactive ketones (excluding diaryl/α,β-unsaturated/α-hetero) is 1. The van der Waals surface area contributed by atoms with Gasteiger partial charge in [-0.25, -0.2) is 0 Å². The van der Waals surface area contributed by atoms with Crippen molar-refractivity contribution in [3.8, 4) is 0 Å². The molecule has 0 atom stereocenters. The van der Waals surface area contributed by atoms with E-state index in [-0.39, 0.29) is 30.1 Å². The molecule has 1 aliphatic carbocycles. The zero-order valence-corrected chi connectivity index (χ0v) is 22.8. The molecule has 1 amide bonds. The van der Waals surface area contributed by atoms with Gasteiger partial charge in [0.2, 0.25) is 5.91 Å². The van der Waals surface area contributed by atoms with E-state index < -0.39 is 5.97 Å². The van der Waals surface area contributed by atoms with Gasteiger partial charge in [0.05, 0.1) is 21.8 Å². The third-order valence-electron chi connectivity index (χ3n) is 7.62. The van der Waals surface area contributed by atoms with Gasteiger partial charge >= 0.3 is 5.97 Å². The average Bonchev–Trinajstić information content (AvgIpc) is 3.47. The van der Waals surface area contributed by atoms with Gasteiger partial charge in [-0.3, -0.25) is 14.4 Å². The van der Waals surface area contributed by atoms with Crippen LogP contribution in [0, 0.1) is 18.8 Å². The molecular weight excluding hydrogens is 484 g/mol. The maximum Gasteiger partial charge on any atom is 0.306 e. The Labute approximate surface area is 223 Å². The lowest BCUT2D eigenvalue weighted by Gasteiger charge is -2.26. The molecule has 2 heterocycles. The number of rotatable bonds is 12. The van der Waals surface area contributed by atoms with Crippen LogP contribution in [0.4, 0.5) is 5.69 Å². The molecule has 1 aromatic carbocycles. The highest BCUT2D eigenvalue weighted by Gasteiger charge is 2.29. The first-order valence-corrected chi connectivity index (χ1v) is 14.4. The molecule has 37 heavy (non-hydrogen) atoms. The number of benzene rings is 1. The van der Waals surface area contributed by atoms with Gasteiger partial charge in [-0.1, -0.05) is 38.3 Å². The fourth-order valence-corrected chi connectivity index (χ4v) is 6.29. The summed E-state index contributed by atoms with van der Waals surface area (Å²) in [5.41, 5.74) is 3.52. The van der Waals surface area contributed by atoms with Crippen LogP contribution in [0.5, 0.6) is 0 Å². The maximum atomic E-state index is 13.8. The van der Waals surface area contributed by atoms with Crippen molar-refractivity contribution in [2.45, 2.75) is 78.2 Å². The van der Waals surface area contributed by atoms with E-state index in [9.17, 15) is 19.5 Å². The van der Waals surface area contributed by atoms with Gasteiger partial charge in [-0.15, -0.1) is 11.3 Å². The lowest BCUT2D eigenvalue weighted by Crippen LogP contribution is -2.35. The minimum atomic E-state index is -0.731. The van der Waals surface area contributed by atoms with Crippen molar-refractivity contribution in [2.75, 3.05) is 11.4 Å². The van der Waals surface area contributed by atoms with Crippen LogP contribution in [0.1, 0.15) is 80.8 Å². The van der Waals surface area contributed by atoms with E-state index in [1.807, 2.05) is 58.2 Å².